The van der Waals surface area contributed by atoms with Crippen molar-refractivity contribution in [2.24, 2.45) is 0 Å². The van der Waals surface area contributed by atoms with Crippen LogP contribution in [0.3, 0.4) is 0 Å². The third-order valence-electron chi connectivity index (χ3n) is 3.16. The maximum absolute atomic E-state index is 6.29. The monoisotopic (exact) mass is 275 g/mol. The number of hydrogen-bond acceptors (Lipinski definition) is 4. The number of nitrogens with one attached hydrogen (secondary N) is 1. The third-order valence-corrected chi connectivity index (χ3v) is 6.28. The van der Waals surface area contributed by atoms with E-state index in [2.05, 4.69) is 12.2 Å². The van der Waals surface area contributed by atoms with Crippen LogP contribution in [0.2, 0.25) is 6.04 Å². The Hall–Kier alpha value is 0.0569. The SMILES string of the molecule is CCCCC1CNCCC[Si](OCC)(OCC)O1. The first-order chi connectivity index (χ1) is 8.76. The van der Waals surface area contributed by atoms with Crippen LogP contribution in [0, 0.1) is 0 Å². The molecule has 1 heterocycles. The van der Waals surface area contributed by atoms with E-state index in [0.717, 1.165) is 32.0 Å². The molecule has 0 saturated carbocycles. The normalized spacial score (nSPS) is 24.5. The molecule has 5 heteroatoms. The van der Waals surface area contributed by atoms with Gasteiger partial charge in [-0.25, -0.2) is 0 Å². The average molecular weight is 275 g/mol. The van der Waals surface area contributed by atoms with Gasteiger partial charge >= 0.3 is 8.80 Å². The molecule has 0 aliphatic carbocycles. The van der Waals surface area contributed by atoms with Gasteiger partial charge in [-0.15, -0.1) is 0 Å². The molecule has 0 aromatic heterocycles. The minimum atomic E-state index is -2.42. The lowest BCUT2D eigenvalue weighted by molar-refractivity contribution is 0.0245. The predicted octanol–water partition coefficient (Wildman–Crippen LogP) is 2.57. The summed E-state index contributed by atoms with van der Waals surface area (Å²) in [6.45, 7) is 9.59. The Balaban J connectivity index is 2.63. The highest BCUT2D eigenvalue weighted by Gasteiger charge is 2.43. The van der Waals surface area contributed by atoms with Crippen LogP contribution in [0.15, 0.2) is 0 Å². The lowest BCUT2D eigenvalue weighted by Gasteiger charge is -2.35. The minimum absolute atomic E-state index is 0.245. The standard InChI is InChI=1S/C13H29NO3Si/c1-4-7-9-13-12-14-10-8-11-18(17-13,15-5-2)16-6-3/h13-14H,4-12H2,1-3H3. The van der Waals surface area contributed by atoms with Gasteiger partial charge < -0.3 is 18.6 Å². The Morgan fingerprint density at radius 3 is 2.56 bits per heavy atom. The highest BCUT2D eigenvalue weighted by Crippen LogP contribution is 2.23. The Morgan fingerprint density at radius 2 is 1.94 bits per heavy atom. The Morgan fingerprint density at radius 1 is 1.22 bits per heavy atom. The summed E-state index contributed by atoms with van der Waals surface area (Å²) in [5, 5.41) is 3.45. The molecular formula is C13H29NO3Si. The molecule has 0 radical (unpaired) electrons. The van der Waals surface area contributed by atoms with E-state index in [1.54, 1.807) is 0 Å². The quantitative estimate of drug-likeness (QED) is 0.725. The zero-order valence-electron chi connectivity index (χ0n) is 12.2. The highest BCUT2D eigenvalue weighted by molar-refractivity contribution is 6.60. The van der Waals surface area contributed by atoms with E-state index >= 15 is 0 Å². The summed E-state index contributed by atoms with van der Waals surface area (Å²) in [4.78, 5) is 0. The van der Waals surface area contributed by atoms with Crippen molar-refractivity contribution in [3.8, 4) is 0 Å². The van der Waals surface area contributed by atoms with Crippen molar-refractivity contribution in [2.45, 2.75) is 58.6 Å². The number of rotatable bonds is 7. The highest BCUT2D eigenvalue weighted by atomic mass is 28.4. The predicted molar refractivity (Wildman–Crippen MR) is 75.7 cm³/mol. The van der Waals surface area contributed by atoms with Crippen LogP contribution in [0.25, 0.3) is 0 Å². The summed E-state index contributed by atoms with van der Waals surface area (Å²) in [6.07, 6.45) is 4.83. The lowest BCUT2D eigenvalue weighted by Crippen LogP contribution is -2.52. The largest absolute Gasteiger partial charge is 0.501 e. The molecule has 0 bridgehead atoms. The van der Waals surface area contributed by atoms with Gasteiger partial charge in [0.15, 0.2) is 0 Å². The van der Waals surface area contributed by atoms with Gasteiger partial charge in [0.1, 0.15) is 0 Å². The van der Waals surface area contributed by atoms with Crippen molar-refractivity contribution in [1.82, 2.24) is 5.32 Å². The zero-order chi connectivity index (χ0) is 13.3. The third kappa shape index (κ3) is 5.36. The first-order valence-corrected chi connectivity index (χ1v) is 9.36. The molecule has 1 saturated heterocycles. The molecule has 1 N–H and O–H groups in total. The Bertz CT molecular complexity index is 208. The van der Waals surface area contributed by atoms with Gasteiger partial charge in [0.25, 0.3) is 0 Å². The average Bonchev–Trinajstić information content (AvgIpc) is 2.33. The Labute approximate surface area is 113 Å². The van der Waals surface area contributed by atoms with Gasteiger partial charge in [0, 0.05) is 25.8 Å². The minimum Gasteiger partial charge on any atom is -0.374 e. The molecule has 1 unspecified atom stereocenters. The van der Waals surface area contributed by atoms with E-state index in [9.17, 15) is 0 Å². The molecule has 1 aliphatic rings. The molecule has 108 valence electrons. The fourth-order valence-corrected chi connectivity index (χ4v) is 5.16. The molecule has 1 atom stereocenters. The zero-order valence-corrected chi connectivity index (χ0v) is 13.2. The molecule has 18 heavy (non-hydrogen) atoms. The number of hydrogen-bond donors (Lipinski definition) is 1. The maximum Gasteiger partial charge on any atom is 0.501 e. The second-order valence-corrected chi connectivity index (χ2v) is 7.42. The van der Waals surface area contributed by atoms with Crippen molar-refractivity contribution >= 4 is 8.80 Å². The maximum atomic E-state index is 6.29. The van der Waals surface area contributed by atoms with Crippen LogP contribution >= 0.6 is 0 Å². The van der Waals surface area contributed by atoms with Crippen molar-refractivity contribution < 1.29 is 13.3 Å². The van der Waals surface area contributed by atoms with Crippen LogP contribution in [0.5, 0.6) is 0 Å². The second-order valence-electron chi connectivity index (χ2n) is 4.74. The topological polar surface area (TPSA) is 39.7 Å². The van der Waals surface area contributed by atoms with Crippen LogP contribution in [-0.2, 0) is 13.3 Å². The van der Waals surface area contributed by atoms with E-state index in [4.69, 9.17) is 13.3 Å². The summed E-state index contributed by atoms with van der Waals surface area (Å²) in [5.74, 6) is 0. The van der Waals surface area contributed by atoms with E-state index in [0.29, 0.717) is 13.2 Å². The molecule has 4 nitrogen and oxygen atoms in total. The van der Waals surface area contributed by atoms with Crippen LogP contribution in [-0.4, -0.2) is 41.2 Å². The van der Waals surface area contributed by atoms with Gasteiger partial charge in [-0.3, -0.25) is 0 Å². The van der Waals surface area contributed by atoms with Gasteiger partial charge in [0.05, 0.1) is 6.10 Å². The molecule has 0 aromatic carbocycles. The van der Waals surface area contributed by atoms with Crippen LogP contribution in [0.4, 0.5) is 0 Å². The number of unbranched alkanes of at least 4 members (excludes halogenated alkanes) is 1. The fraction of sp³-hybridized carbons (Fsp3) is 1.00. The van der Waals surface area contributed by atoms with E-state index in [-0.39, 0.29) is 6.10 Å². The first-order valence-electron chi connectivity index (χ1n) is 7.42. The first kappa shape index (κ1) is 16.1. The van der Waals surface area contributed by atoms with Crippen molar-refractivity contribution in [2.75, 3.05) is 26.3 Å². The van der Waals surface area contributed by atoms with Gasteiger partial charge in [-0.2, -0.15) is 0 Å². The smallest absolute Gasteiger partial charge is 0.374 e. The van der Waals surface area contributed by atoms with Gasteiger partial charge in [0.2, 0.25) is 0 Å². The molecule has 0 aromatic rings. The molecule has 0 amide bonds. The van der Waals surface area contributed by atoms with Gasteiger partial charge in [-0.05, 0) is 33.2 Å². The molecule has 1 rings (SSSR count). The van der Waals surface area contributed by atoms with Crippen molar-refractivity contribution in [3.05, 3.63) is 0 Å². The van der Waals surface area contributed by atoms with Crippen LogP contribution in [0.1, 0.15) is 46.5 Å². The summed E-state index contributed by atoms with van der Waals surface area (Å²) >= 11 is 0. The molecule has 0 spiro atoms. The summed E-state index contributed by atoms with van der Waals surface area (Å²) < 4.78 is 18.1. The second kappa shape index (κ2) is 9.04. The molecular weight excluding hydrogens is 246 g/mol. The Kier molecular flexibility index (Phi) is 8.09. The van der Waals surface area contributed by atoms with E-state index in [1.165, 1.54) is 12.8 Å². The summed E-state index contributed by atoms with van der Waals surface area (Å²) in [5.41, 5.74) is 0. The molecule has 1 aliphatic heterocycles. The lowest BCUT2D eigenvalue weighted by atomic mass is 10.1. The summed E-state index contributed by atoms with van der Waals surface area (Å²) in [7, 11) is -2.42. The summed E-state index contributed by atoms with van der Waals surface area (Å²) in [6, 6.07) is 0.935. The van der Waals surface area contributed by atoms with Crippen molar-refractivity contribution in [3.63, 3.8) is 0 Å². The molecule has 1 fully saturated rings. The van der Waals surface area contributed by atoms with E-state index < -0.39 is 8.80 Å². The van der Waals surface area contributed by atoms with E-state index in [1.807, 2.05) is 13.8 Å². The van der Waals surface area contributed by atoms with Crippen LogP contribution < -0.4 is 5.32 Å². The van der Waals surface area contributed by atoms with Crippen molar-refractivity contribution in [1.29, 1.82) is 0 Å². The fourth-order valence-electron chi connectivity index (χ4n) is 2.33. The van der Waals surface area contributed by atoms with Gasteiger partial charge in [-0.1, -0.05) is 19.8 Å².